The number of para-hydroxylation sites is 1. The van der Waals surface area contributed by atoms with Crippen molar-refractivity contribution in [1.29, 1.82) is 0 Å². The number of aryl methyl sites for hydroxylation is 1. The summed E-state index contributed by atoms with van der Waals surface area (Å²) in [6.07, 6.45) is -0.234. The first-order valence-corrected chi connectivity index (χ1v) is 13.0. The van der Waals surface area contributed by atoms with Gasteiger partial charge in [-0.1, -0.05) is 66.2 Å². The van der Waals surface area contributed by atoms with Crippen LogP contribution in [0.25, 0.3) is 16.7 Å². The molecule has 0 bridgehead atoms. The van der Waals surface area contributed by atoms with E-state index in [9.17, 15) is 28.3 Å². The number of rotatable bonds is 5. The minimum Gasteiger partial charge on any atom is -0.478 e. The van der Waals surface area contributed by atoms with Crippen LogP contribution in [-0.2, 0) is 4.79 Å². The number of carbonyl (C=O) groups is 3. The zero-order valence-corrected chi connectivity index (χ0v) is 22.1. The fourth-order valence-electron chi connectivity index (χ4n) is 4.88. The Bertz CT molecular complexity index is 1660. The molecule has 5 rings (SSSR count). The first-order valence-electron chi connectivity index (χ1n) is 13.0. The van der Waals surface area contributed by atoms with Gasteiger partial charge in [-0.2, -0.15) is 0 Å². The number of fused-ring (bicyclic) bond motifs is 1. The predicted octanol–water partition coefficient (Wildman–Crippen LogP) is 7.07. The van der Waals surface area contributed by atoms with Gasteiger partial charge in [0.05, 0.1) is 5.69 Å². The number of nitrogens with one attached hydrogen (secondary N) is 1. The van der Waals surface area contributed by atoms with Crippen molar-refractivity contribution < 1.29 is 28.3 Å². The molecule has 2 N–H and O–H groups in total. The first-order chi connectivity index (χ1) is 19.6. The van der Waals surface area contributed by atoms with Gasteiger partial charge in [-0.3, -0.25) is 9.59 Å². The summed E-state index contributed by atoms with van der Waals surface area (Å²) < 4.78 is 29.9. The zero-order chi connectivity index (χ0) is 29.1. The summed E-state index contributed by atoms with van der Waals surface area (Å²) in [5, 5.41) is 12.1. The van der Waals surface area contributed by atoms with Crippen molar-refractivity contribution in [1.82, 2.24) is 0 Å². The summed E-state index contributed by atoms with van der Waals surface area (Å²) in [4.78, 5) is 39.2. The van der Waals surface area contributed by atoms with E-state index in [0.717, 1.165) is 16.7 Å². The molecule has 0 saturated heterocycles. The molecule has 0 fully saturated rings. The number of carbonyl (C=O) groups excluding carboxylic acids is 2. The maximum Gasteiger partial charge on any atom is 0.328 e. The number of amides is 2. The highest BCUT2D eigenvalue weighted by Crippen LogP contribution is 2.43. The fraction of sp³-hybridized carbons (Fsp3) is 0.121. The van der Waals surface area contributed by atoms with Crippen LogP contribution in [0.15, 0.2) is 103 Å². The number of anilines is 2. The molecule has 6 nitrogen and oxygen atoms in total. The third-order valence-corrected chi connectivity index (χ3v) is 6.97. The Balaban J connectivity index is 1.38. The van der Waals surface area contributed by atoms with E-state index in [1.807, 2.05) is 43.3 Å². The third-order valence-electron chi connectivity index (χ3n) is 6.97. The number of hydrogen-bond donors (Lipinski definition) is 2. The number of benzene rings is 4. The molecule has 206 valence electrons. The molecule has 0 atom stereocenters. The Morgan fingerprint density at radius 3 is 2.17 bits per heavy atom. The summed E-state index contributed by atoms with van der Waals surface area (Å²) in [6.45, 7) is 1.68. The molecule has 41 heavy (non-hydrogen) atoms. The second-order valence-corrected chi connectivity index (χ2v) is 9.77. The van der Waals surface area contributed by atoms with Crippen LogP contribution in [0.4, 0.5) is 20.2 Å². The van der Waals surface area contributed by atoms with E-state index in [2.05, 4.69) is 5.32 Å². The number of aliphatic carboxylic acids is 1. The van der Waals surface area contributed by atoms with Gasteiger partial charge in [-0.05, 0) is 54.4 Å². The number of hydrogen-bond acceptors (Lipinski definition) is 3. The van der Waals surface area contributed by atoms with Gasteiger partial charge in [0, 0.05) is 47.0 Å². The molecule has 2 amide bonds. The molecular weight excluding hydrogens is 526 g/mol. The standard InChI is InChI=1S/C33H26F2N2O4/c1-21-10-12-22(13-11-21)25-6-2-3-7-26(25)31(40)36-24-16-14-23(15-17-24)32(41)37-19-18-33(34,35)28(20-30(38)39)27-8-4-5-9-29(27)37/h2-17,20H,18-19H2,1H3,(H,36,40)(H,38,39)/b28-20+. The Morgan fingerprint density at radius 2 is 1.49 bits per heavy atom. The Kier molecular flexibility index (Phi) is 7.48. The van der Waals surface area contributed by atoms with Gasteiger partial charge in [0.15, 0.2) is 0 Å². The lowest BCUT2D eigenvalue weighted by atomic mass is 9.97. The number of alkyl halides is 2. The zero-order valence-electron chi connectivity index (χ0n) is 22.1. The second-order valence-electron chi connectivity index (χ2n) is 9.77. The van der Waals surface area contributed by atoms with Gasteiger partial charge >= 0.3 is 5.97 Å². The quantitative estimate of drug-likeness (QED) is 0.259. The van der Waals surface area contributed by atoms with Crippen LogP contribution >= 0.6 is 0 Å². The monoisotopic (exact) mass is 552 g/mol. The summed E-state index contributed by atoms with van der Waals surface area (Å²) in [7, 11) is 0. The van der Waals surface area contributed by atoms with Crippen LogP contribution in [0.2, 0.25) is 0 Å². The van der Waals surface area contributed by atoms with Crippen molar-refractivity contribution in [3.05, 3.63) is 125 Å². The van der Waals surface area contributed by atoms with Crippen molar-refractivity contribution in [2.75, 3.05) is 16.8 Å². The largest absolute Gasteiger partial charge is 0.478 e. The van der Waals surface area contributed by atoms with Gasteiger partial charge in [-0.25, -0.2) is 13.6 Å². The summed E-state index contributed by atoms with van der Waals surface area (Å²) in [6, 6.07) is 27.4. The van der Waals surface area contributed by atoms with Crippen molar-refractivity contribution in [2.24, 2.45) is 0 Å². The summed E-state index contributed by atoms with van der Waals surface area (Å²) in [5.74, 6) is -5.77. The molecule has 0 radical (unpaired) electrons. The van der Waals surface area contributed by atoms with Crippen molar-refractivity contribution in [3.8, 4) is 11.1 Å². The number of halogens is 2. The smallest absolute Gasteiger partial charge is 0.328 e. The highest BCUT2D eigenvalue weighted by Gasteiger charge is 2.41. The van der Waals surface area contributed by atoms with Gasteiger partial charge in [0.25, 0.3) is 17.7 Å². The maximum absolute atomic E-state index is 15.0. The van der Waals surface area contributed by atoms with Crippen LogP contribution in [-0.4, -0.2) is 35.4 Å². The van der Waals surface area contributed by atoms with Gasteiger partial charge in [0.2, 0.25) is 0 Å². The lowest BCUT2D eigenvalue weighted by molar-refractivity contribution is -0.131. The Morgan fingerprint density at radius 1 is 0.854 bits per heavy atom. The van der Waals surface area contributed by atoms with Gasteiger partial charge < -0.3 is 15.3 Å². The van der Waals surface area contributed by atoms with E-state index in [1.54, 1.807) is 30.3 Å². The molecule has 0 unspecified atom stereocenters. The topological polar surface area (TPSA) is 86.7 Å². The van der Waals surface area contributed by atoms with Crippen LogP contribution in [0.1, 0.15) is 38.3 Å². The number of allylic oxidation sites excluding steroid dienone is 1. The maximum atomic E-state index is 15.0. The van der Waals surface area contributed by atoms with E-state index in [1.165, 1.54) is 35.2 Å². The molecule has 4 aromatic carbocycles. The second kappa shape index (κ2) is 11.2. The first kappa shape index (κ1) is 27.5. The molecule has 4 aromatic rings. The highest BCUT2D eigenvalue weighted by atomic mass is 19.3. The lowest BCUT2D eigenvalue weighted by Crippen LogP contribution is -2.33. The molecule has 0 aliphatic carbocycles. The van der Waals surface area contributed by atoms with Crippen molar-refractivity contribution in [2.45, 2.75) is 19.3 Å². The van der Waals surface area contributed by atoms with E-state index < -0.39 is 29.8 Å². The molecule has 0 saturated carbocycles. The molecular formula is C33H26F2N2O4. The van der Waals surface area contributed by atoms with Gasteiger partial charge in [0.1, 0.15) is 0 Å². The Labute approximate surface area is 235 Å². The highest BCUT2D eigenvalue weighted by molar-refractivity contribution is 6.10. The average molecular weight is 553 g/mol. The molecule has 8 heteroatoms. The number of nitrogens with zero attached hydrogens (tertiary/aromatic N) is 1. The van der Waals surface area contributed by atoms with Gasteiger partial charge in [-0.15, -0.1) is 0 Å². The van der Waals surface area contributed by atoms with E-state index in [-0.39, 0.29) is 29.3 Å². The number of carboxylic acids is 1. The van der Waals surface area contributed by atoms with E-state index in [0.29, 0.717) is 17.3 Å². The lowest BCUT2D eigenvalue weighted by Gasteiger charge is -2.23. The molecule has 0 aromatic heterocycles. The predicted molar refractivity (Wildman–Crippen MR) is 154 cm³/mol. The summed E-state index contributed by atoms with van der Waals surface area (Å²) >= 11 is 0. The number of carboxylic acid groups (broad SMARTS) is 1. The van der Waals surface area contributed by atoms with Crippen LogP contribution < -0.4 is 10.2 Å². The molecule has 0 spiro atoms. The average Bonchev–Trinajstić information content (AvgIpc) is 3.07. The minimum atomic E-state index is -3.44. The van der Waals surface area contributed by atoms with E-state index in [4.69, 9.17) is 0 Å². The van der Waals surface area contributed by atoms with Crippen molar-refractivity contribution >= 4 is 34.7 Å². The normalized spacial score (nSPS) is 15.1. The van der Waals surface area contributed by atoms with E-state index >= 15 is 0 Å². The van der Waals surface area contributed by atoms with Crippen LogP contribution in [0, 0.1) is 6.92 Å². The third kappa shape index (κ3) is 5.77. The molecule has 1 aliphatic rings. The Hall–Kier alpha value is -5.11. The minimum absolute atomic E-state index is 0.0122. The fourth-order valence-corrected chi connectivity index (χ4v) is 4.88. The summed E-state index contributed by atoms with van der Waals surface area (Å²) in [5.41, 5.74) is 3.53. The SMILES string of the molecule is Cc1ccc(-c2ccccc2C(=O)Nc2ccc(C(=O)N3CCC(F)(F)/C(=C/C(=O)O)c4ccccc43)cc2)cc1. The van der Waals surface area contributed by atoms with Crippen molar-refractivity contribution in [3.63, 3.8) is 0 Å². The molecule has 1 heterocycles. The molecule has 1 aliphatic heterocycles. The van der Waals surface area contributed by atoms with Crippen LogP contribution in [0.5, 0.6) is 0 Å². The van der Waals surface area contributed by atoms with Crippen LogP contribution in [0.3, 0.4) is 0 Å².